The van der Waals surface area contributed by atoms with Gasteiger partial charge in [-0.3, -0.25) is 19.3 Å². The number of nitrogens with one attached hydrogen (secondary N) is 1. The molecule has 0 saturated carbocycles. The Hall–Kier alpha value is -3.89. The molecule has 2 aromatic carbocycles. The summed E-state index contributed by atoms with van der Waals surface area (Å²) in [5.41, 5.74) is -1.62. The molecule has 1 N–H and O–H groups in total. The molecule has 0 aromatic heterocycles. The SMILES string of the molecule is CC(=O)c1ccc(N2CCN(C(=O)CN3C(=O)NC(C)(c4cc(F)ccc4F)C3=O)CC2)c(F)c1. The number of imide groups is 1. The van der Waals surface area contributed by atoms with E-state index in [2.05, 4.69) is 5.32 Å². The Bertz CT molecular complexity index is 1230. The first-order chi connectivity index (χ1) is 16.5. The highest BCUT2D eigenvalue weighted by molar-refractivity contribution is 6.09. The molecule has 1 unspecified atom stereocenters. The Kier molecular flexibility index (Phi) is 6.27. The fourth-order valence-corrected chi connectivity index (χ4v) is 4.32. The van der Waals surface area contributed by atoms with Gasteiger partial charge in [-0.1, -0.05) is 0 Å². The number of ketones is 1. The van der Waals surface area contributed by atoms with E-state index >= 15 is 0 Å². The third-order valence-corrected chi connectivity index (χ3v) is 6.36. The Labute approximate surface area is 199 Å². The van der Waals surface area contributed by atoms with E-state index in [-0.39, 0.29) is 30.0 Å². The molecule has 4 rings (SSSR count). The van der Waals surface area contributed by atoms with Gasteiger partial charge < -0.3 is 15.1 Å². The van der Waals surface area contributed by atoms with Crippen molar-refractivity contribution in [3.8, 4) is 0 Å². The molecule has 35 heavy (non-hydrogen) atoms. The molecule has 2 aromatic rings. The number of benzene rings is 2. The molecule has 0 radical (unpaired) electrons. The Morgan fingerprint density at radius 3 is 2.29 bits per heavy atom. The molecule has 2 saturated heterocycles. The van der Waals surface area contributed by atoms with Gasteiger partial charge in [0.1, 0.15) is 29.5 Å². The standard InChI is InChI=1S/C24H23F3N4O4/c1-14(32)15-3-6-20(19(27)11-15)29-7-9-30(10-8-29)21(33)13-31-22(34)24(2,28-23(31)35)17-12-16(25)4-5-18(17)26/h3-6,11-12H,7-10,13H2,1-2H3,(H,28,35). The summed E-state index contributed by atoms with van der Waals surface area (Å²) in [7, 11) is 0. The van der Waals surface area contributed by atoms with Crippen molar-refractivity contribution in [2.75, 3.05) is 37.6 Å². The quantitative estimate of drug-likeness (QED) is 0.516. The van der Waals surface area contributed by atoms with Crippen LogP contribution in [0.3, 0.4) is 0 Å². The van der Waals surface area contributed by atoms with Gasteiger partial charge in [-0.2, -0.15) is 0 Å². The average molecular weight is 488 g/mol. The number of piperazine rings is 1. The number of rotatable bonds is 5. The minimum atomic E-state index is -1.86. The Morgan fingerprint density at radius 2 is 1.66 bits per heavy atom. The van der Waals surface area contributed by atoms with Gasteiger partial charge in [0.15, 0.2) is 5.78 Å². The van der Waals surface area contributed by atoms with Gasteiger partial charge in [-0.15, -0.1) is 0 Å². The van der Waals surface area contributed by atoms with Crippen molar-refractivity contribution >= 4 is 29.3 Å². The molecule has 8 nitrogen and oxygen atoms in total. The molecule has 0 spiro atoms. The normalized spacial score (nSPS) is 20.3. The summed E-state index contributed by atoms with van der Waals surface area (Å²) in [6, 6.07) is 5.93. The van der Waals surface area contributed by atoms with Crippen LogP contribution in [0.2, 0.25) is 0 Å². The Balaban J connectivity index is 1.41. The number of halogens is 3. The van der Waals surface area contributed by atoms with Crippen molar-refractivity contribution < 1.29 is 32.3 Å². The summed E-state index contributed by atoms with van der Waals surface area (Å²) in [5, 5.41) is 2.36. The number of carbonyl (C=O) groups excluding carboxylic acids is 4. The lowest BCUT2D eigenvalue weighted by Crippen LogP contribution is -2.52. The van der Waals surface area contributed by atoms with Gasteiger partial charge in [0.05, 0.1) is 5.69 Å². The van der Waals surface area contributed by atoms with E-state index in [1.807, 2.05) is 0 Å². The third-order valence-electron chi connectivity index (χ3n) is 6.36. The third kappa shape index (κ3) is 4.45. The van der Waals surface area contributed by atoms with Gasteiger partial charge in [0.2, 0.25) is 5.91 Å². The molecule has 184 valence electrons. The van der Waals surface area contributed by atoms with Crippen molar-refractivity contribution in [1.82, 2.24) is 15.1 Å². The zero-order valence-electron chi connectivity index (χ0n) is 19.1. The second-order valence-corrected chi connectivity index (χ2v) is 8.66. The van der Waals surface area contributed by atoms with E-state index < -0.39 is 47.4 Å². The number of carbonyl (C=O) groups is 4. The molecule has 2 heterocycles. The van der Waals surface area contributed by atoms with E-state index in [1.165, 1.54) is 36.9 Å². The number of nitrogens with zero attached hydrogens (tertiary/aromatic N) is 3. The van der Waals surface area contributed by atoms with Crippen molar-refractivity contribution in [2.24, 2.45) is 0 Å². The van der Waals surface area contributed by atoms with Crippen LogP contribution in [0.5, 0.6) is 0 Å². The van der Waals surface area contributed by atoms with E-state index in [9.17, 15) is 32.3 Å². The van der Waals surface area contributed by atoms with Gasteiger partial charge in [-0.05, 0) is 50.2 Å². The van der Waals surface area contributed by atoms with Crippen LogP contribution in [0.25, 0.3) is 0 Å². The largest absolute Gasteiger partial charge is 0.366 e. The van der Waals surface area contributed by atoms with Crippen molar-refractivity contribution in [3.05, 3.63) is 65.0 Å². The summed E-state index contributed by atoms with van der Waals surface area (Å²) >= 11 is 0. The number of hydrogen-bond acceptors (Lipinski definition) is 5. The monoisotopic (exact) mass is 488 g/mol. The first-order valence-electron chi connectivity index (χ1n) is 10.9. The second-order valence-electron chi connectivity index (χ2n) is 8.66. The number of amides is 4. The molecular formula is C24H23F3N4O4. The predicted molar refractivity (Wildman–Crippen MR) is 119 cm³/mol. The molecular weight excluding hydrogens is 465 g/mol. The van der Waals surface area contributed by atoms with Crippen LogP contribution in [0.1, 0.15) is 29.8 Å². The molecule has 4 amide bonds. The van der Waals surface area contributed by atoms with Crippen molar-refractivity contribution in [2.45, 2.75) is 19.4 Å². The van der Waals surface area contributed by atoms with Crippen LogP contribution >= 0.6 is 0 Å². The van der Waals surface area contributed by atoms with Gasteiger partial charge >= 0.3 is 6.03 Å². The summed E-state index contributed by atoms with van der Waals surface area (Å²) in [6.07, 6.45) is 0. The number of anilines is 1. The first-order valence-corrected chi connectivity index (χ1v) is 10.9. The molecule has 0 bridgehead atoms. The van der Waals surface area contributed by atoms with Crippen LogP contribution in [0, 0.1) is 17.5 Å². The molecule has 0 aliphatic carbocycles. The van der Waals surface area contributed by atoms with Crippen LogP contribution in [-0.4, -0.2) is 66.2 Å². The van der Waals surface area contributed by atoms with Crippen LogP contribution in [0.15, 0.2) is 36.4 Å². The van der Waals surface area contributed by atoms with Crippen LogP contribution in [-0.2, 0) is 15.1 Å². The fourth-order valence-electron chi connectivity index (χ4n) is 4.32. The van der Waals surface area contributed by atoms with Crippen molar-refractivity contribution in [1.29, 1.82) is 0 Å². The number of Topliss-reactive ketones (excluding diaryl/α,β-unsaturated/α-hetero) is 1. The molecule has 2 aliphatic heterocycles. The van der Waals surface area contributed by atoms with E-state index in [0.29, 0.717) is 23.7 Å². The lowest BCUT2D eigenvalue weighted by Gasteiger charge is -2.36. The minimum Gasteiger partial charge on any atom is -0.366 e. The van der Waals surface area contributed by atoms with E-state index in [1.54, 1.807) is 4.90 Å². The lowest BCUT2D eigenvalue weighted by molar-refractivity contribution is -0.139. The maximum atomic E-state index is 14.5. The van der Waals surface area contributed by atoms with E-state index in [4.69, 9.17) is 0 Å². The van der Waals surface area contributed by atoms with Crippen LogP contribution < -0.4 is 10.2 Å². The summed E-state index contributed by atoms with van der Waals surface area (Å²) < 4.78 is 42.4. The maximum absolute atomic E-state index is 14.5. The number of urea groups is 1. The average Bonchev–Trinajstić information content (AvgIpc) is 3.04. The number of hydrogen-bond donors (Lipinski definition) is 1. The highest BCUT2D eigenvalue weighted by Gasteiger charge is 2.51. The smallest absolute Gasteiger partial charge is 0.325 e. The summed E-state index contributed by atoms with van der Waals surface area (Å²) in [5.74, 6) is -3.81. The summed E-state index contributed by atoms with van der Waals surface area (Å²) in [4.78, 5) is 53.6. The highest BCUT2D eigenvalue weighted by atomic mass is 19.1. The zero-order valence-corrected chi connectivity index (χ0v) is 19.1. The fraction of sp³-hybridized carbons (Fsp3) is 0.333. The Morgan fingerprint density at radius 1 is 0.971 bits per heavy atom. The second kappa shape index (κ2) is 9.05. The minimum absolute atomic E-state index is 0.214. The van der Waals surface area contributed by atoms with Gasteiger partial charge in [-0.25, -0.2) is 18.0 Å². The highest BCUT2D eigenvalue weighted by Crippen LogP contribution is 2.31. The van der Waals surface area contributed by atoms with Crippen LogP contribution in [0.4, 0.5) is 23.7 Å². The zero-order chi connectivity index (χ0) is 25.5. The van der Waals surface area contributed by atoms with Gasteiger partial charge in [0.25, 0.3) is 5.91 Å². The summed E-state index contributed by atoms with van der Waals surface area (Å²) in [6.45, 7) is 3.06. The maximum Gasteiger partial charge on any atom is 0.325 e. The van der Waals surface area contributed by atoms with Crippen molar-refractivity contribution in [3.63, 3.8) is 0 Å². The predicted octanol–water partition coefficient (Wildman–Crippen LogP) is 2.42. The van der Waals surface area contributed by atoms with Gasteiger partial charge in [0, 0.05) is 37.3 Å². The lowest BCUT2D eigenvalue weighted by atomic mass is 9.91. The van der Waals surface area contributed by atoms with E-state index in [0.717, 1.165) is 18.2 Å². The topological polar surface area (TPSA) is 90.0 Å². The molecule has 11 heteroatoms. The molecule has 2 fully saturated rings. The molecule has 1 atom stereocenters. The molecule has 2 aliphatic rings. The first kappa shape index (κ1) is 24.2.